The second-order valence-corrected chi connectivity index (χ2v) is 4.94. The van der Waals surface area contributed by atoms with E-state index in [0.29, 0.717) is 18.1 Å². The molecule has 0 radical (unpaired) electrons. The van der Waals surface area contributed by atoms with Gasteiger partial charge in [-0.05, 0) is 44.0 Å². The minimum atomic E-state index is 0.565. The highest BCUT2D eigenvalue weighted by Gasteiger charge is 2.13. The van der Waals surface area contributed by atoms with Gasteiger partial charge in [-0.15, -0.1) is 0 Å². The number of nitrogens with two attached hydrogens (primary N) is 1. The van der Waals surface area contributed by atoms with Crippen LogP contribution >= 0.6 is 11.6 Å². The SMILES string of the molecule is Cc1ccc(-c2nc(CCN)[nH]c2Cl)c(C)c1C. The molecule has 2 rings (SSSR count). The van der Waals surface area contributed by atoms with Crippen LogP contribution in [0.15, 0.2) is 12.1 Å². The predicted molar refractivity (Wildman–Crippen MR) is 76.0 cm³/mol. The van der Waals surface area contributed by atoms with Gasteiger partial charge in [-0.1, -0.05) is 23.7 Å². The smallest absolute Gasteiger partial charge is 0.134 e. The van der Waals surface area contributed by atoms with Crippen LogP contribution in [0.4, 0.5) is 0 Å². The molecule has 3 nitrogen and oxygen atoms in total. The van der Waals surface area contributed by atoms with E-state index in [0.717, 1.165) is 17.1 Å². The van der Waals surface area contributed by atoms with E-state index in [9.17, 15) is 0 Å². The number of nitrogens with zero attached hydrogens (tertiary/aromatic N) is 1. The van der Waals surface area contributed by atoms with Gasteiger partial charge in [0.1, 0.15) is 16.7 Å². The molecular weight excluding hydrogens is 246 g/mol. The Balaban J connectivity index is 2.52. The molecule has 0 aliphatic heterocycles. The van der Waals surface area contributed by atoms with Crippen LogP contribution < -0.4 is 5.73 Å². The van der Waals surface area contributed by atoms with Crippen molar-refractivity contribution in [3.63, 3.8) is 0 Å². The van der Waals surface area contributed by atoms with Gasteiger partial charge in [0, 0.05) is 12.0 Å². The average Bonchev–Trinajstić information content (AvgIpc) is 2.68. The Morgan fingerprint density at radius 2 is 1.94 bits per heavy atom. The summed E-state index contributed by atoms with van der Waals surface area (Å²) in [6.45, 7) is 6.90. The summed E-state index contributed by atoms with van der Waals surface area (Å²) in [6.07, 6.45) is 0.712. The highest BCUT2D eigenvalue weighted by molar-refractivity contribution is 6.32. The normalized spacial score (nSPS) is 10.9. The Bertz CT molecular complexity index is 573. The Morgan fingerprint density at radius 1 is 1.22 bits per heavy atom. The highest BCUT2D eigenvalue weighted by atomic mass is 35.5. The lowest BCUT2D eigenvalue weighted by Crippen LogP contribution is -2.03. The fraction of sp³-hybridized carbons (Fsp3) is 0.357. The van der Waals surface area contributed by atoms with E-state index < -0.39 is 0 Å². The summed E-state index contributed by atoms with van der Waals surface area (Å²) in [6, 6.07) is 4.18. The van der Waals surface area contributed by atoms with Crippen LogP contribution in [0.5, 0.6) is 0 Å². The Labute approximate surface area is 112 Å². The van der Waals surface area contributed by atoms with Crippen LogP contribution in [-0.2, 0) is 6.42 Å². The molecule has 0 saturated heterocycles. The standard InChI is InChI=1S/C14H18ClN3/c1-8-4-5-11(10(3)9(8)2)13-14(15)18-12(17-13)6-7-16/h4-5H,6-7,16H2,1-3H3,(H,17,18). The maximum absolute atomic E-state index is 6.22. The molecule has 0 saturated carbocycles. The maximum Gasteiger partial charge on any atom is 0.134 e. The Hall–Kier alpha value is -1.32. The van der Waals surface area contributed by atoms with Gasteiger partial charge in [-0.3, -0.25) is 0 Å². The third-order valence-electron chi connectivity index (χ3n) is 3.40. The topological polar surface area (TPSA) is 54.7 Å². The van der Waals surface area contributed by atoms with Crippen molar-refractivity contribution < 1.29 is 0 Å². The number of hydrogen-bond acceptors (Lipinski definition) is 2. The second kappa shape index (κ2) is 5.12. The summed E-state index contributed by atoms with van der Waals surface area (Å²) in [5, 5.41) is 0.588. The molecule has 1 aromatic carbocycles. The summed E-state index contributed by atoms with van der Waals surface area (Å²) in [5.41, 5.74) is 11.2. The van der Waals surface area contributed by atoms with Gasteiger partial charge in [0.25, 0.3) is 0 Å². The molecule has 0 aliphatic carbocycles. The first-order chi connectivity index (χ1) is 8.54. The van der Waals surface area contributed by atoms with Crippen molar-refractivity contribution in [1.82, 2.24) is 9.97 Å². The first-order valence-electron chi connectivity index (χ1n) is 6.06. The molecule has 0 spiro atoms. The van der Waals surface area contributed by atoms with Crippen molar-refractivity contribution >= 4 is 11.6 Å². The van der Waals surface area contributed by atoms with Crippen LogP contribution in [-0.4, -0.2) is 16.5 Å². The minimum absolute atomic E-state index is 0.565. The summed E-state index contributed by atoms with van der Waals surface area (Å²) in [7, 11) is 0. The van der Waals surface area contributed by atoms with Gasteiger partial charge in [0.05, 0.1) is 0 Å². The molecule has 18 heavy (non-hydrogen) atoms. The van der Waals surface area contributed by atoms with Crippen molar-refractivity contribution in [3.8, 4) is 11.3 Å². The molecule has 0 unspecified atom stereocenters. The molecule has 3 N–H and O–H groups in total. The molecular formula is C14H18ClN3. The van der Waals surface area contributed by atoms with Crippen LogP contribution in [0.3, 0.4) is 0 Å². The number of imidazole rings is 1. The van der Waals surface area contributed by atoms with E-state index in [1.54, 1.807) is 0 Å². The molecule has 1 aromatic heterocycles. The fourth-order valence-electron chi connectivity index (χ4n) is 2.04. The quantitative estimate of drug-likeness (QED) is 0.894. The van der Waals surface area contributed by atoms with Gasteiger partial charge in [0.15, 0.2) is 0 Å². The van der Waals surface area contributed by atoms with E-state index in [1.165, 1.54) is 16.7 Å². The van der Waals surface area contributed by atoms with Crippen molar-refractivity contribution in [2.45, 2.75) is 27.2 Å². The lowest BCUT2D eigenvalue weighted by molar-refractivity contribution is 0.895. The van der Waals surface area contributed by atoms with Crippen LogP contribution in [0.1, 0.15) is 22.5 Å². The van der Waals surface area contributed by atoms with Crippen molar-refractivity contribution in [2.24, 2.45) is 5.73 Å². The molecule has 0 atom stereocenters. The Morgan fingerprint density at radius 3 is 2.61 bits per heavy atom. The lowest BCUT2D eigenvalue weighted by atomic mass is 9.97. The predicted octanol–water partition coefficient (Wildman–Crippen LogP) is 3.16. The molecule has 0 amide bonds. The number of aromatic nitrogens is 2. The summed E-state index contributed by atoms with van der Waals surface area (Å²) < 4.78 is 0. The minimum Gasteiger partial charge on any atom is -0.332 e. The monoisotopic (exact) mass is 263 g/mol. The molecule has 1 heterocycles. The van der Waals surface area contributed by atoms with Gasteiger partial charge in [-0.2, -0.15) is 0 Å². The van der Waals surface area contributed by atoms with Gasteiger partial charge in [-0.25, -0.2) is 4.98 Å². The Kier molecular flexibility index (Phi) is 3.73. The zero-order valence-corrected chi connectivity index (χ0v) is 11.7. The number of benzene rings is 1. The van der Waals surface area contributed by atoms with Crippen LogP contribution in [0.2, 0.25) is 5.15 Å². The second-order valence-electron chi connectivity index (χ2n) is 4.56. The number of aromatic amines is 1. The zero-order chi connectivity index (χ0) is 13.3. The van der Waals surface area contributed by atoms with Crippen LogP contribution in [0.25, 0.3) is 11.3 Å². The number of nitrogens with one attached hydrogen (secondary N) is 1. The van der Waals surface area contributed by atoms with Crippen molar-refractivity contribution in [1.29, 1.82) is 0 Å². The van der Waals surface area contributed by atoms with E-state index in [4.69, 9.17) is 17.3 Å². The van der Waals surface area contributed by atoms with E-state index >= 15 is 0 Å². The summed E-state index contributed by atoms with van der Waals surface area (Å²) >= 11 is 6.22. The van der Waals surface area contributed by atoms with Crippen molar-refractivity contribution in [2.75, 3.05) is 6.54 Å². The van der Waals surface area contributed by atoms with E-state index in [-0.39, 0.29) is 0 Å². The fourth-order valence-corrected chi connectivity index (χ4v) is 2.30. The largest absolute Gasteiger partial charge is 0.332 e. The van der Waals surface area contributed by atoms with Gasteiger partial charge in [0.2, 0.25) is 0 Å². The van der Waals surface area contributed by atoms with Gasteiger partial charge >= 0.3 is 0 Å². The first-order valence-corrected chi connectivity index (χ1v) is 6.44. The third-order valence-corrected chi connectivity index (χ3v) is 3.68. The third kappa shape index (κ3) is 2.28. The van der Waals surface area contributed by atoms with E-state index in [2.05, 4.69) is 42.9 Å². The lowest BCUT2D eigenvalue weighted by Gasteiger charge is -2.09. The van der Waals surface area contributed by atoms with Gasteiger partial charge < -0.3 is 10.7 Å². The number of aryl methyl sites for hydroxylation is 1. The molecule has 4 heteroatoms. The molecule has 0 bridgehead atoms. The van der Waals surface area contributed by atoms with Crippen molar-refractivity contribution in [3.05, 3.63) is 39.8 Å². The molecule has 96 valence electrons. The number of rotatable bonds is 3. The summed E-state index contributed by atoms with van der Waals surface area (Å²) in [4.78, 5) is 7.61. The molecule has 0 aliphatic rings. The zero-order valence-electron chi connectivity index (χ0n) is 11.0. The molecule has 2 aromatic rings. The first kappa shape index (κ1) is 13.1. The average molecular weight is 264 g/mol. The van der Waals surface area contributed by atoms with Crippen LogP contribution in [0, 0.1) is 20.8 Å². The number of hydrogen-bond donors (Lipinski definition) is 2. The number of H-pyrrole nitrogens is 1. The number of halogens is 1. The molecule has 0 fully saturated rings. The highest BCUT2D eigenvalue weighted by Crippen LogP contribution is 2.30. The summed E-state index contributed by atoms with van der Waals surface area (Å²) in [5.74, 6) is 0.843. The van der Waals surface area contributed by atoms with E-state index in [1.807, 2.05) is 0 Å². The maximum atomic E-state index is 6.22.